The van der Waals surface area contributed by atoms with Crippen LogP contribution < -0.4 is 30.0 Å². The van der Waals surface area contributed by atoms with Gasteiger partial charge in [-0.15, -0.1) is 0 Å². The fraction of sp³-hybridized carbons (Fsp3) is 0.333. The number of ether oxygens (including phenoxy) is 4. The summed E-state index contributed by atoms with van der Waals surface area (Å²) in [6.45, 7) is 0. The molecule has 0 saturated heterocycles. The predicted molar refractivity (Wildman–Crippen MR) is 173 cm³/mol. The summed E-state index contributed by atoms with van der Waals surface area (Å²) in [4.78, 5) is 39.3. The smallest absolute Gasteiger partial charge is 0.490 e. The third-order valence-corrected chi connectivity index (χ3v) is 7.07. The van der Waals surface area contributed by atoms with Crippen LogP contribution in [0.25, 0.3) is 0 Å². The van der Waals surface area contributed by atoms with Crippen LogP contribution in [0.2, 0.25) is 5.02 Å². The van der Waals surface area contributed by atoms with Gasteiger partial charge < -0.3 is 29.8 Å². The maximum atomic E-state index is 13.3. The van der Waals surface area contributed by atoms with Crippen molar-refractivity contribution in [3.05, 3.63) is 82.4 Å². The number of aliphatic carboxylic acids is 1. The molecule has 1 amide bonds. The highest BCUT2D eigenvalue weighted by molar-refractivity contribution is 6.31. The summed E-state index contributed by atoms with van der Waals surface area (Å²) in [5, 5.41) is 10.2. The van der Waals surface area contributed by atoms with Gasteiger partial charge in [-0.25, -0.2) is 9.79 Å². The molecule has 0 aliphatic rings. The second kappa shape index (κ2) is 19.0. The number of carbonyl (C=O) groups excluding carboxylic acids is 2. The average Bonchev–Trinajstić information content (AvgIpc) is 3.04. The number of methoxy groups -OCH3 is 4. The van der Waals surface area contributed by atoms with Crippen molar-refractivity contribution in [2.24, 2.45) is 10.7 Å². The van der Waals surface area contributed by atoms with Gasteiger partial charge in [-0.05, 0) is 59.9 Å². The summed E-state index contributed by atoms with van der Waals surface area (Å²) in [5.41, 5.74) is 8.58. The van der Waals surface area contributed by atoms with Crippen LogP contribution in [0.15, 0.2) is 65.7 Å². The Labute approximate surface area is 280 Å². The molecule has 0 aliphatic carbocycles. The number of hydrogen-bond donors (Lipinski definition) is 3. The molecule has 3 rings (SSSR count). The third-order valence-electron chi connectivity index (χ3n) is 6.70. The van der Waals surface area contributed by atoms with E-state index in [2.05, 4.69) is 10.3 Å². The number of carboxylic acids is 1. The molecule has 0 saturated carbocycles. The Bertz CT molecular complexity index is 1580. The lowest BCUT2D eigenvalue weighted by molar-refractivity contribution is -0.192. The number of aryl methyl sites for hydroxylation is 1. The van der Waals surface area contributed by atoms with E-state index in [0.717, 1.165) is 11.1 Å². The average molecular weight is 696 g/mol. The van der Waals surface area contributed by atoms with Crippen molar-refractivity contribution in [1.82, 2.24) is 5.32 Å². The molecule has 0 bridgehead atoms. The first-order valence-corrected chi connectivity index (χ1v) is 14.7. The number of rotatable bonds is 14. The molecule has 4 N–H and O–H groups in total. The molecule has 0 radical (unpaired) electrons. The quantitative estimate of drug-likeness (QED) is 0.153. The first-order chi connectivity index (χ1) is 22.7. The fourth-order valence-corrected chi connectivity index (χ4v) is 4.55. The number of nitrogens with two attached hydrogens (primary N) is 1. The molecule has 0 aromatic heterocycles. The van der Waals surface area contributed by atoms with Crippen molar-refractivity contribution in [2.75, 3.05) is 28.4 Å². The number of ketones is 1. The Hall–Kier alpha value is -4.98. The van der Waals surface area contributed by atoms with Gasteiger partial charge in [0.2, 0.25) is 5.91 Å². The van der Waals surface area contributed by atoms with Gasteiger partial charge in [0.05, 0.1) is 34.9 Å². The summed E-state index contributed by atoms with van der Waals surface area (Å²) in [6.07, 6.45) is -3.29. The van der Waals surface area contributed by atoms with Crippen LogP contribution in [-0.2, 0) is 33.6 Å². The van der Waals surface area contributed by atoms with Crippen molar-refractivity contribution in [1.29, 1.82) is 0 Å². The standard InChI is InChI=1S/C31H36ClN3O6.C2HF3O2/c1-38-26-14-12-20(16-28(26)40-3)8-7-11-25(36)24(19-22-9-5-6-10-23(22)32)34-31(33)35-30(37)18-21-13-15-27(39-2)29(17-21)41-4;3-2(4,5)1(6)7/h5-6,9-10,12-17,24H,7-8,11,18-19H2,1-4H3,(H3,33,34,35,37);(H,6,7)/t24-;/m1./s1. The van der Waals surface area contributed by atoms with E-state index in [9.17, 15) is 22.8 Å². The second-order valence-corrected chi connectivity index (χ2v) is 10.5. The zero-order chi connectivity index (χ0) is 35.9. The van der Waals surface area contributed by atoms with Gasteiger partial charge in [0.1, 0.15) is 6.04 Å². The highest BCUT2D eigenvalue weighted by Crippen LogP contribution is 2.29. The second-order valence-electron chi connectivity index (χ2n) is 10.1. The van der Waals surface area contributed by atoms with Gasteiger partial charge >= 0.3 is 12.1 Å². The maximum absolute atomic E-state index is 13.3. The number of Topliss-reactive ketones (excluding diaryl/α,β-unsaturated/α-hetero) is 1. The molecular weight excluding hydrogens is 659 g/mol. The van der Waals surface area contributed by atoms with Gasteiger partial charge in [0.25, 0.3) is 0 Å². The van der Waals surface area contributed by atoms with E-state index >= 15 is 0 Å². The molecule has 0 spiro atoms. The zero-order valence-corrected chi connectivity index (χ0v) is 27.5. The van der Waals surface area contributed by atoms with Gasteiger partial charge in [-0.1, -0.05) is 41.9 Å². The van der Waals surface area contributed by atoms with Crippen LogP contribution in [0, 0.1) is 0 Å². The molecular formula is C33H37ClF3N3O8. The number of aliphatic imine (C=N–C) groups is 1. The normalized spacial score (nSPS) is 11.8. The van der Waals surface area contributed by atoms with E-state index in [4.69, 9.17) is 46.2 Å². The summed E-state index contributed by atoms with van der Waals surface area (Å²) in [5.74, 6) is -1.03. The van der Waals surface area contributed by atoms with E-state index in [1.165, 1.54) is 14.2 Å². The summed E-state index contributed by atoms with van der Waals surface area (Å²) in [6, 6.07) is 17.3. The van der Waals surface area contributed by atoms with Gasteiger partial charge in [-0.2, -0.15) is 13.2 Å². The topological polar surface area (TPSA) is 159 Å². The number of carboxylic acid groups (broad SMARTS) is 1. The largest absolute Gasteiger partial charge is 0.493 e. The highest BCUT2D eigenvalue weighted by atomic mass is 35.5. The van der Waals surface area contributed by atoms with Crippen LogP contribution >= 0.6 is 11.6 Å². The molecule has 0 aliphatic heterocycles. The summed E-state index contributed by atoms with van der Waals surface area (Å²) < 4.78 is 52.9. The fourth-order valence-electron chi connectivity index (χ4n) is 4.34. The maximum Gasteiger partial charge on any atom is 0.490 e. The lowest BCUT2D eigenvalue weighted by atomic mass is 9.98. The number of alkyl halides is 3. The van der Waals surface area contributed by atoms with Crippen LogP contribution in [0.5, 0.6) is 23.0 Å². The number of hydrogen-bond acceptors (Lipinski definition) is 8. The minimum Gasteiger partial charge on any atom is -0.493 e. The van der Waals surface area contributed by atoms with Crippen LogP contribution in [-0.4, -0.2) is 69.4 Å². The van der Waals surface area contributed by atoms with E-state index in [-0.39, 0.29) is 36.9 Å². The molecule has 15 heteroatoms. The number of nitrogens with one attached hydrogen (secondary N) is 1. The van der Waals surface area contributed by atoms with Crippen LogP contribution in [0.1, 0.15) is 29.5 Å². The zero-order valence-electron chi connectivity index (χ0n) is 26.7. The monoisotopic (exact) mass is 695 g/mol. The Balaban J connectivity index is 0.00000103. The van der Waals surface area contributed by atoms with Crippen molar-refractivity contribution in [2.45, 2.75) is 44.3 Å². The van der Waals surface area contributed by atoms with Crippen molar-refractivity contribution in [3.63, 3.8) is 0 Å². The van der Waals surface area contributed by atoms with E-state index in [1.807, 2.05) is 36.4 Å². The van der Waals surface area contributed by atoms with Gasteiger partial charge in [0, 0.05) is 17.9 Å². The molecule has 260 valence electrons. The highest BCUT2D eigenvalue weighted by Gasteiger charge is 2.38. The van der Waals surface area contributed by atoms with Crippen molar-refractivity contribution < 1.29 is 51.6 Å². The lowest BCUT2D eigenvalue weighted by Crippen LogP contribution is -2.39. The number of nitrogens with zero attached hydrogens (tertiary/aromatic N) is 1. The Morgan fingerprint density at radius 1 is 0.875 bits per heavy atom. The minimum atomic E-state index is -5.08. The molecule has 48 heavy (non-hydrogen) atoms. The lowest BCUT2D eigenvalue weighted by Gasteiger charge is -2.15. The van der Waals surface area contributed by atoms with Crippen molar-refractivity contribution >= 4 is 35.2 Å². The molecule has 3 aromatic carbocycles. The van der Waals surface area contributed by atoms with E-state index in [0.29, 0.717) is 46.4 Å². The molecule has 0 fully saturated rings. The number of benzene rings is 3. The predicted octanol–water partition coefficient (Wildman–Crippen LogP) is 5.18. The van der Waals surface area contributed by atoms with Gasteiger partial charge in [0.15, 0.2) is 34.7 Å². The number of guanidine groups is 1. The Morgan fingerprint density at radius 3 is 1.92 bits per heavy atom. The van der Waals surface area contributed by atoms with E-state index < -0.39 is 18.2 Å². The molecule has 1 atom stereocenters. The molecule has 0 heterocycles. The third kappa shape index (κ3) is 12.7. The number of halogens is 4. The Kier molecular flexibility index (Phi) is 15.5. The Morgan fingerprint density at radius 2 is 1.40 bits per heavy atom. The van der Waals surface area contributed by atoms with E-state index in [1.54, 1.807) is 38.5 Å². The summed E-state index contributed by atoms with van der Waals surface area (Å²) >= 11 is 6.37. The molecule has 3 aromatic rings. The SMILES string of the molecule is COc1ccc(CCCC(=O)[C@@H](Cc2ccccc2Cl)N=C(N)NC(=O)Cc2ccc(OC)c(OC)c2)cc1OC.O=C(O)C(F)(F)F. The van der Waals surface area contributed by atoms with Crippen LogP contribution in [0.4, 0.5) is 13.2 Å². The van der Waals surface area contributed by atoms with Gasteiger partial charge in [-0.3, -0.25) is 14.9 Å². The summed E-state index contributed by atoms with van der Waals surface area (Å²) in [7, 11) is 6.23. The molecule has 11 nitrogen and oxygen atoms in total. The minimum absolute atomic E-state index is 0.0328. The van der Waals surface area contributed by atoms with Crippen LogP contribution in [0.3, 0.4) is 0 Å². The number of amides is 1. The first kappa shape index (κ1) is 39.2. The van der Waals surface area contributed by atoms with Crippen molar-refractivity contribution in [3.8, 4) is 23.0 Å². The number of carbonyl (C=O) groups is 3. The first-order valence-electron chi connectivity index (χ1n) is 14.3. The molecule has 0 unspecified atom stereocenters.